The molecule has 0 bridgehead atoms. The molecule has 1 amide bonds. The Morgan fingerprint density at radius 3 is 2.76 bits per heavy atom. The summed E-state index contributed by atoms with van der Waals surface area (Å²) < 4.78 is 26.6. The van der Waals surface area contributed by atoms with Crippen LogP contribution in [0.25, 0.3) is 0 Å². The van der Waals surface area contributed by atoms with Gasteiger partial charge in [-0.15, -0.1) is 0 Å². The number of anilines is 2. The lowest BCUT2D eigenvalue weighted by atomic mass is 9.97. The van der Waals surface area contributed by atoms with Crippen molar-refractivity contribution in [1.82, 2.24) is 4.72 Å². The summed E-state index contributed by atoms with van der Waals surface area (Å²) in [6, 6.07) is 4.75. The summed E-state index contributed by atoms with van der Waals surface area (Å²) >= 11 is 0. The standard InChI is InChI=1S/C13H20N4O3S/c1-16-21(19,20)12-7-10(14)4-5-11(12)17-6-2-3-9(8-17)13(15)18/h4-5,7,9,16H,2-3,6,8,14H2,1H3,(H2,15,18). The van der Waals surface area contributed by atoms with E-state index in [1.54, 1.807) is 12.1 Å². The largest absolute Gasteiger partial charge is 0.399 e. The van der Waals surface area contributed by atoms with Gasteiger partial charge in [-0.1, -0.05) is 0 Å². The molecule has 2 rings (SSSR count). The number of carbonyl (C=O) groups excluding carboxylic acids is 1. The van der Waals surface area contributed by atoms with Crippen LogP contribution in [0.5, 0.6) is 0 Å². The summed E-state index contributed by atoms with van der Waals surface area (Å²) in [6.45, 7) is 1.10. The maximum Gasteiger partial charge on any atom is 0.242 e. The van der Waals surface area contributed by atoms with Crippen LogP contribution < -0.4 is 21.1 Å². The van der Waals surface area contributed by atoms with Gasteiger partial charge < -0.3 is 16.4 Å². The number of hydrogen-bond donors (Lipinski definition) is 3. The van der Waals surface area contributed by atoms with E-state index in [2.05, 4.69) is 4.72 Å². The molecule has 1 aliphatic heterocycles. The van der Waals surface area contributed by atoms with Crippen molar-refractivity contribution >= 4 is 27.3 Å². The third-order valence-electron chi connectivity index (χ3n) is 3.71. The van der Waals surface area contributed by atoms with E-state index in [0.29, 0.717) is 24.5 Å². The molecule has 1 unspecified atom stereocenters. The highest BCUT2D eigenvalue weighted by atomic mass is 32.2. The number of amides is 1. The van der Waals surface area contributed by atoms with Crippen LogP contribution in [0, 0.1) is 5.92 Å². The van der Waals surface area contributed by atoms with E-state index in [4.69, 9.17) is 11.5 Å². The minimum Gasteiger partial charge on any atom is -0.399 e. The lowest BCUT2D eigenvalue weighted by Gasteiger charge is -2.34. The second kappa shape index (κ2) is 5.90. The predicted octanol–water partition coefficient (Wildman–Crippen LogP) is -0.121. The number of nitrogen functional groups attached to an aromatic ring is 1. The Morgan fingerprint density at radius 2 is 2.14 bits per heavy atom. The molecule has 1 aromatic carbocycles. The van der Waals surface area contributed by atoms with Gasteiger partial charge in [0.15, 0.2) is 0 Å². The van der Waals surface area contributed by atoms with Gasteiger partial charge in [0.2, 0.25) is 15.9 Å². The van der Waals surface area contributed by atoms with Crippen LogP contribution in [0.4, 0.5) is 11.4 Å². The first-order chi connectivity index (χ1) is 9.85. The molecule has 1 saturated heterocycles. The molecule has 8 heteroatoms. The van der Waals surface area contributed by atoms with E-state index in [-0.39, 0.29) is 16.7 Å². The van der Waals surface area contributed by atoms with Gasteiger partial charge in [0.25, 0.3) is 0 Å². The topological polar surface area (TPSA) is 119 Å². The summed E-state index contributed by atoms with van der Waals surface area (Å²) in [5.74, 6) is -0.616. The Balaban J connectivity index is 2.42. The fraction of sp³-hybridized carbons (Fsp3) is 0.462. The van der Waals surface area contributed by atoms with Crippen LogP contribution in [0.3, 0.4) is 0 Å². The maximum absolute atomic E-state index is 12.1. The van der Waals surface area contributed by atoms with Crippen LogP contribution in [0.2, 0.25) is 0 Å². The molecule has 1 aromatic rings. The molecule has 0 saturated carbocycles. The number of nitrogens with two attached hydrogens (primary N) is 2. The highest BCUT2D eigenvalue weighted by Crippen LogP contribution is 2.30. The zero-order chi connectivity index (χ0) is 15.6. The SMILES string of the molecule is CNS(=O)(=O)c1cc(N)ccc1N1CCCC(C(N)=O)C1. The van der Waals surface area contributed by atoms with E-state index in [1.165, 1.54) is 13.1 Å². The van der Waals surface area contributed by atoms with Gasteiger partial charge in [0.05, 0.1) is 11.6 Å². The number of primary amides is 1. The number of rotatable bonds is 4. The molecule has 0 radical (unpaired) electrons. The van der Waals surface area contributed by atoms with E-state index < -0.39 is 10.0 Å². The summed E-state index contributed by atoms with van der Waals surface area (Å²) in [6.07, 6.45) is 1.52. The van der Waals surface area contributed by atoms with Gasteiger partial charge in [-0.2, -0.15) is 0 Å². The van der Waals surface area contributed by atoms with Crippen molar-refractivity contribution < 1.29 is 13.2 Å². The van der Waals surface area contributed by atoms with Crippen molar-refractivity contribution in [3.63, 3.8) is 0 Å². The van der Waals surface area contributed by atoms with Crippen molar-refractivity contribution in [2.75, 3.05) is 30.8 Å². The average molecular weight is 312 g/mol. The average Bonchev–Trinajstić information content (AvgIpc) is 2.47. The number of nitrogens with one attached hydrogen (secondary N) is 1. The number of sulfonamides is 1. The number of piperidine rings is 1. The fourth-order valence-electron chi connectivity index (χ4n) is 2.55. The normalized spacial score (nSPS) is 19.5. The summed E-state index contributed by atoms with van der Waals surface area (Å²) in [5.41, 5.74) is 12.0. The Kier molecular flexibility index (Phi) is 4.38. The predicted molar refractivity (Wildman–Crippen MR) is 81.2 cm³/mol. The molecule has 7 nitrogen and oxygen atoms in total. The van der Waals surface area contributed by atoms with Crippen LogP contribution >= 0.6 is 0 Å². The van der Waals surface area contributed by atoms with Gasteiger partial charge in [-0.05, 0) is 38.1 Å². The lowest BCUT2D eigenvalue weighted by molar-refractivity contribution is -0.122. The molecule has 0 spiro atoms. The van der Waals surface area contributed by atoms with E-state index in [1.807, 2.05) is 4.90 Å². The second-order valence-electron chi connectivity index (χ2n) is 5.12. The maximum atomic E-state index is 12.1. The first-order valence-electron chi connectivity index (χ1n) is 6.72. The fourth-order valence-corrected chi connectivity index (χ4v) is 3.53. The molecular formula is C13H20N4O3S. The van der Waals surface area contributed by atoms with Crippen molar-refractivity contribution in [3.8, 4) is 0 Å². The lowest BCUT2D eigenvalue weighted by Crippen LogP contribution is -2.41. The summed E-state index contributed by atoms with van der Waals surface area (Å²) in [7, 11) is -2.27. The van der Waals surface area contributed by atoms with Crippen LogP contribution in [-0.4, -0.2) is 34.5 Å². The van der Waals surface area contributed by atoms with Crippen LogP contribution in [0.1, 0.15) is 12.8 Å². The van der Waals surface area contributed by atoms with Gasteiger partial charge in [-0.25, -0.2) is 13.1 Å². The number of benzene rings is 1. The van der Waals surface area contributed by atoms with Gasteiger partial charge in [0, 0.05) is 18.8 Å². The van der Waals surface area contributed by atoms with Gasteiger partial charge in [-0.3, -0.25) is 4.79 Å². The van der Waals surface area contributed by atoms with Crippen molar-refractivity contribution in [1.29, 1.82) is 0 Å². The molecule has 116 valence electrons. The molecular weight excluding hydrogens is 292 g/mol. The minimum absolute atomic E-state index is 0.120. The van der Waals surface area contributed by atoms with Crippen molar-refractivity contribution in [3.05, 3.63) is 18.2 Å². The molecule has 5 N–H and O–H groups in total. The Bertz CT molecular complexity index is 645. The van der Waals surface area contributed by atoms with Crippen molar-refractivity contribution in [2.24, 2.45) is 11.7 Å². The molecule has 21 heavy (non-hydrogen) atoms. The zero-order valence-electron chi connectivity index (χ0n) is 11.9. The Morgan fingerprint density at radius 1 is 1.43 bits per heavy atom. The minimum atomic E-state index is -3.63. The van der Waals surface area contributed by atoms with Crippen LogP contribution in [-0.2, 0) is 14.8 Å². The summed E-state index contributed by atoms with van der Waals surface area (Å²) in [4.78, 5) is 13.4. The third-order valence-corrected chi connectivity index (χ3v) is 5.15. The smallest absolute Gasteiger partial charge is 0.242 e. The quantitative estimate of drug-likeness (QED) is 0.670. The summed E-state index contributed by atoms with van der Waals surface area (Å²) in [5, 5.41) is 0. The van der Waals surface area contributed by atoms with Gasteiger partial charge >= 0.3 is 0 Å². The van der Waals surface area contributed by atoms with Crippen LogP contribution in [0.15, 0.2) is 23.1 Å². The molecule has 1 atom stereocenters. The highest BCUT2D eigenvalue weighted by Gasteiger charge is 2.28. The van der Waals surface area contributed by atoms with Gasteiger partial charge in [0.1, 0.15) is 4.90 Å². The number of nitrogens with zero attached hydrogens (tertiary/aromatic N) is 1. The van der Waals surface area contributed by atoms with E-state index in [0.717, 1.165) is 12.8 Å². The van der Waals surface area contributed by atoms with E-state index in [9.17, 15) is 13.2 Å². The molecule has 1 fully saturated rings. The monoisotopic (exact) mass is 312 g/mol. The third kappa shape index (κ3) is 3.27. The molecule has 1 aliphatic rings. The number of carbonyl (C=O) groups is 1. The van der Waals surface area contributed by atoms with E-state index >= 15 is 0 Å². The molecule has 1 heterocycles. The first-order valence-corrected chi connectivity index (χ1v) is 8.21. The molecule has 0 aliphatic carbocycles. The Labute approximate surface area is 124 Å². The zero-order valence-corrected chi connectivity index (χ0v) is 12.7. The second-order valence-corrected chi connectivity index (χ2v) is 6.98. The Hall–Kier alpha value is -1.80. The highest BCUT2D eigenvalue weighted by molar-refractivity contribution is 7.89. The van der Waals surface area contributed by atoms with Crippen molar-refractivity contribution in [2.45, 2.75) is 17.7 Å². The number of hydrogen-bond acceptors (Lipinski definition) is 5. The first kappa shape index (κ1) is 15.6. The molecule has 0 aromatic heterocycles.